The zero-order valence-corrected chi connectivity index (χ0v) is 16.8. The molecule has 31 heavy (non-hydrogen) atoms. The van der Waals surface area contributed by atoms with Crippen LogP contribution in [0.25, 0.3) is 10.9 Å². The first-order chi connectivity index (χ1) is 14.8. The van der Waals surface area contributed by atoms with Gasteiger partial charge >= 0.3 is 5.97 Å². The van der Waals surface area contributed by atoms with Crippen molar-refractivity contribution in [2.24, 2.45) is 0 Å². The molecular formula is C23H20F3NO4. The lowest BCUT2D eigenvalue weighted by molar-refractivity contribution is -0.147. The zero-order chi connectivity index (χ0) is 22.3. The first-order valence-corrected chi connectivity index (χ1v) is 9.98. The van der Waals surface area contributed by atoms with E-state index in [1.807, 2.05) is 0 Å². The standard InChI is InChI=1S/C23H20F3NO4/c1-12-15(10-22(29)31-14-4-2-3-5-14)16-9-21(28)19(26)11-20(16)27(12)23(30)13-6-7-17(24)18(25)8-13/h6-9,11,14,28H,2-5,10H2,1H3. The fourth-order valence-electron chi connectivity index (χ4n) is 4.11. The van der Waals surface area contributed by atoms with Gasteiger partial charge < -0.3 is 9.84 Å². The molecule has 5 nitrogen and oxygen atoms in total. The number of halogens is 3. The summed E-state index contributed by atoms with van der Waals surface area (Å²) < 4.78 is 47.7. The Morgan fingerprint density at radius 2 is 1.77 bits per heavy atom. The lowest BCUT2D eigenvalue weighted by Crippen LogP contribution is -2.17. The van der Waals surface area contributed by atoms with E-state index in [4.69, 9.17) is 4.74 Å². The number of rotatable bonds is 4. The number of carbonyl (C=O) groups is 2. The Bertz CT molecular complexity index is 1200. The van der Waals surface area contributed by atoms with Gasteiger partial charge in [-0.2, -0.15) is 0 Å². The van der Waals surface area contributed by atoms with Crippen molar-refractivity contribution in [2.75, 3.05) is 0 Å². The van der Waals surface area contributed by atoms with Gasteiger partial charge in [-0.15, -0.1) is 0 Å². The van der Waals surface area contributed by atoms with E-state index in [2.05, 4.69) is 0 Å². The second-order valence-electron chi connectivity index (χ2n) is 7.73. The fraction of sp³-hybridized carbons (Fsp3) is 0.304. The number of phenols is 1. The zero-order valence-electron chi connectivity index (χ0n) is 16.8. The van der Waals surface area contributed by atoms with Gasteiger partial charge in [-0.25, -0.2) is 13.2 Å². The molecule has 0 radical (unpaired) electrons. The first-order valence-electron chi connectivity index (χ1n) is 9.98. The Balaban J connectivity index is 1.78. The monoisotopic (exact) mass is 431 g/mol. The van der Waals surface area contributed by atoms with Gasteiger partial charge in [0.2, 0.25) is 0 Å². The van der Waals surface area contributed by atoms with Crippen molar-refractivity contribution >= 4 is 22.8 Å². The number of esters is 1. The summed E-state index contributed by atoms with van der Waals surface area (Å²) in [6, 6.07) is 4.83. The van der Waals surface area contributed by atoms with E-state index < -0.39 is 35.1 Å². The van der Waals surface area contributed by atoms with Gasteiger partial charge in [-0.3, -0.25) is 14.2 Å². The molecule has 1 aliphatic rings. The molecule has 3 aromatic rings. The molecule has 0 saturated heterocycles. The van der Waals surface area contributed by atoms with E-state index in [1.54, 1.807) is 6.92 Å². The van der Waals surface area contributed by atoms with Gasteiger partial charge in [0.15, 0.2) is 23.2 Å². The summed E-state index contributed by atoms with van der Waals surface area (Å²) in [5.41, 5.74) is 0.668. The quantitative estimate of drug-likeness (QED) is 0.603. The van der Waals surface area contributed by atoms with Crippen LogP contribution in [0.2, 0.25) is 0 Å². The van der Waals surface area contributed by atoms with Gasteiger partial charge in [-0.1, -0.05) is 0 Å². The summed E-state index contributed by atoms with van der Waals surface area (Å²) in [5.74, 6) is -5.08. The Hall–Kier alpha value is -3.29. The van der Waals surface area contributed by atoms with Crippen molar-refractivity contribution in [2.45, 2.75) is 45.1 Å². The Labute approximate surface area is 176 Å². The summed E-state index contributed by atoms with van der Waals surface area (Å²) in [5, 5.41) is 10.2. The minimum atomic E-state index is -1.19. The average Bonchev–Trinajstić information content (AvgIpc) is 3.31. The molecule has 0 bridgehead atoms. The molecule has 0 amide bonds. The highest BCUT2D eigenvalue weighted by atomic mass is 19.2. The highest BCUT2D eigenvalue weighted by Gasteiger charge is 2.26. The third-order valence-electron chi connectivity index (χ3n) is 5.69. The molecule has 2 aromatic carbocycles. The molecule has 1 N–H and O–H groups in total. The number of carbonyl (C=O) groups excluding carboxylic acids is 2. The minimum absolute atomic E-state index is 0.103. The molecule has 0 aliphatic heterocycles. The maximum absolute atomic E-state index is 14.1. The molecule has 1 fully saturated rings. The van der Waals surface area contributed by atoms with E-state index in [0.717, 1.165) is 60.6 Å². The third-order valence-corrected chi connectivity index (χ3v) is 5.69. The van der Waals surface area contributed by atoms with Crippen LogP contribution < -0.4 is 0 Å². The number of hydrogen-bond acceptors (Lipinski definition) is 4. The minimum Gasteiger partial charge on any atom is -0.505 e. The van der Waals surface area contributed by atoms with Crippen LogP contribution in [-0.4, -0.2) is 27.7 Å². The highest BCUT2D eigenvalue weighted by molar-refractivity contribution is 6.05. The van der Waals surface area contributed by atoms with Crippen LogP contribution in [-0.2, 0) is 16.0 Å². The van der Waals surface area contributed by atoms with Gasteiger partial charge in [-0.05, 0) is 62.4 Å². The van der Waals surface area contributed by atoms with Crippen LogP contribution in [0.4, 0.5) is 13.2 Å². The smallest absolute Gasteiger partial charge is 0.310 e. The largest absolute Gasteiger partial charge is 0.505 e. The SMILES string of the molecule is Cc1c(CC(=O)OC2CCCC2)c2cc(O)c(F)cc2n1C(=O)c1ccc(F)c(F)c1. The van der Waals surface area contributed by atoms with E-state index in [-0.39, 0.29) is 23.6 Å². The second-order valence-corrected chi connectivity index (χ2v) is 7.73. The fourth-order valence-corrected chi connectivity index (χ4v) is 4.11. The maximum Gasteiger partial charge on any atom is 0.310 e. The van der Waals surface area contributed by atoms with Crippen molar-refractivity contribution in [1.29, 1.82) is 0 Å². The molecule has 0 spiro atoms. The van der Waals surface area contributed by atoms with E-state index in [9.17, 15) is 27.9 Å². The van der Waals surface area contributed by atoms with Gasteiger partial charge in [0.1, 0.15) is 6.10 Å². The lowest BCUT2D eigenvalue weighted by Gasteiger charge is -2.11. The van der Waals surface area contributed by atoms with Crippen molar-refractivity contribution in [3.8, 4) is 5.75 Å². The van der Waals surface area contributed by atoms with E-state index >= 15 is 0 Å². The number of aromatic hydroxyl groups is 1. The van der Waals surface area contributed by atoms with Gasteiger partial charge in [0.05, 0.1) is 11.9 Å². The Kier molecular flexibility index (Phi) is 5.47. The molecule has 1 aliphatic carbocycles. The molecule has 8 heteroatoms. The molecule has 162 valence electrons. The van der Waals surface area contributed by atoms with Crippen molar-refractivity contribution in [3.63, 3.8) is 0 Å². The average molecular weight is 431 g/mol. The van der Waals surface area contributed by atoms with Crippen LogP contribution in [0.15, 0.2) is 30.3 Å². The predicted octanol–water partition coefficient (Wildman–Crippen LogP) is 4.79. The Morgan fingerprint density at radius 1 is 1.06 bits per heavy atom. The third kappa shape index (κ3) is 3.89. The van der Waals surface area contributed by atoms with E-state index in [1.165, 1.54) is 0 Å². The molecule has 4 rings (SSSR count). The summed E-state index contributed by atoms with van der Waals surface area (Å²) in [4.78, 5) is 25.6. The first kappa shape index (κ1) is 21.0. The number of hydrogen-bond donors (Lipinski definition) is 1. The van der Waals surface area contributed by atoms with Crippen LogP contribution in [0.1, 0.15) is 47.3 Å². The topological polar surface area (TPSA) is 68.5 Å². The molecule has 1 aromatic heterocycles. The number of fused-ring (bicyclic) bond motifs is 1. The van der Waals surface area contributed by atoms with Crippen LogP contribution in [0.5, 0.6) is 5.75 Å². The summed E-state index contributed by atoms with van der Waals surface area (Å²) in [6.45, 7) is 1.56. The lowest BCUT2D eigenvalue weighted by atomic mass is 10.1. The molecule has 0 unspecified atom stereocenters. The number of ether oxygens (including phenoxy) is 1. The highest BCUT2D eigenvalue weighted by Crippen LogP contribution is 2.33. The normalized spacial score (nSPS) is 14.3. The van der Waals surface area contributed by atoms with Crippen LogP contribution in [0.3, 0.4) is 0 Å². The van der Waals surface area contributed by atoms with Crippen molar-refractivity contribution < 1.29 is 32.6 Å². The summed E-state index contributed by atoms with van der Waals surface area (Å²) >= 11 is 0. The van der Waals surface area contributed by atoms with Gasteiger partial charge in [0.25, 0.3) is 5.91 Å². The Morgan fingerprint density at radius 3 is 2.45 bits per heavy atom. The number of nitrogens with zero attached hydrogens (tertiary/aromatic N) is 1. The van der Waals surface area contributed by atoms with Gasteiger partial charge in [0, 0.05) is 22.7 Å². The molecule has 1 saturated carbocycles. The second kappa shape index (κ2) is 8.09. The van der Waals surface area contributed by atoms with Crippen molar-refractivity contribution in [3.05, 3.63) is 64.6 Å². The number of aromatic nitrogens is 1. The van der Waals surface area contributed by atoms with E-state index in [0.29, 0.717) is 16.6 Å². The number of benzene rings is 2. The number of phenolic OH excluding ortho intramolecular Hbond substituents is 1. The van der Waals surface area contributed by atoms with Crippen LogP contribution >= 0.6 is 0 Å². The molecular weight excluding hydrogens is 411 g/mol. The predicted molar refractivity (Wildman–Crippen MR) is 106 cm³/mol. The molecule has 1 heterocycles. The summed E-state index contributed by atoms with van der Waals surface area (Å²) in [7, 11) is 0. The van der Waals surface area contributed by atoms with Crippen molar-refractivity contribution in [1.82, 2.24) is 4.57 Å². The maximum atomic E-state index is 14.1. The molecule has 0 atom stereocenters. The summed E-state index contributed by atoms with van der Waals surface area (Å²) in [6.07, 6.45) is 3.26. The van der Waals surface area contributed by atoms with Crippen LogP contribution in [0, 0.1) is 24.4 Å².